The molecule has 8 nitrogen and oxygen atoms in total. The summed E-state index contributed by atoms with van der Waals surface area (Å²) in [6, 6.07) is 11.7. The van der Waals surface area contributed by atoms with Gasteiger partial charge in [0.15, 0.2) is 0 Å². The smallest absolute Gasteiger partial charge is 0.408 e. The molecule has 0 aliphatic heterocycles. The summed E-state index contributed by atoms with van der Waals surface area (Å²) in [5.41, 5.74) is 1.22. The van der Waals surface area contributed by atoms with Gasteiger partial charge in [-0.2, -0.15) is 0 Å². The minimum absolute atomic E-state index is 0.106. The van der Waals surface area contributed by atoms with Gasteiger partial charge in [0.2, 0.25) is 0 Å². The van der Waals surface area contributed by atoms with E-state index in [1.54, 1.807) is 52.1 Å². The molecule has 0 aliphatic carbocycles. The Morgan fingerprint density at radius 3 is 1.97 bits per heavy atom. The van der Waals surface area contributed by atoms with Crippen LogP contribution < -0.4 is 16.0 Å². The Morgan fingerprint density at radius 2 is 1.48 bits per heavy atom. The van der Waals surface area contributed by atoms with Crippen LogP contribution >= 0.6 is 0 Å². The van der Waals surface area contributed by atoms with Gasteiger partial charge in [-0.15, -0.1) is 0 Å². The molecule has 1 unspecified atom stereocenters. The van der Waals surface area contributed by atoms with Crippen LogP contribution in [0.4, 0.5) is 16.2 Å². The van der Waals surface area contributed by atoms with E-state index in [1.807, 2.05) is 0 Å². The molecule has 0 heterocycles. The lowest BCUT2D eigenvalue weighted by molar-refractivity contribution is -0.118. The molecule has 8 heteroatoms. The van der Waals surface area contributed by atoms with E-state index in [0.29, 0.717) is 11.3 Å². The molecular formula is C21H25N3O5. The van der Waals surface area contributed by atoms with Crippen LogP contribution in [0.25, 0.3) is 0 Å². The molecule has 2 amide bonds. The van der Waals surface area contributed by atoms with Crippen molar-refractivity contribution >= 4 is 29.3 Å². The Balaban J connectivity index is 2.23. The Morgan fingerprint density at radius 1 is 0.931 bits per heavy atom. The van der Waals surface area contributed by atoms with Crippen molar-refractivity contribution in [3.05, 3.63) is 59.7 Å². The zero-order chi connectivity index (χ0) is 21.6. The predicted octanol–water partition coefficient (Wildman–Crippen LogP) is 3.63. The van der Waals surface area contributed by atoms with Gasteiger partial charge >= 0.3 is 12.1 Å². The highest BCUT2D eigenvalue weighted by Gasteiger charge is 2.26. The van der Waals surface area contributed by atoms with Crippen LogP contribution in [-0.2, 0) is 9.53 Å². The highest BCUT2D eigenvalue weighted by molar-refractivity contribution is 5.98. The maximum atomic E-state index is 12.9. The lowest BCUT2D eigenvalue weighted by Gasteiger charge is -2.23. The number of hydrogen-bond acceptors (Lipinski definition) is 5. The number of ether oxygens (including phenoxy) is 1. The summed E-state index contributed by atoms with van der Waals surface area (Å²) < 4.78 is 5.27. The third kappa shape index (κ3) is 6.53. The third-order valence-electron chi connectivity index (χ3n) is 3.86. The fraction of sp³-hybridized carbons (Fsp3) is 0.286. The maximum Gasteiger partial charge on any atom is 0.408 e. The van der Waals surface area contributed by atoms with Gasteiger partial charge in [-0.05, 0) is 62.7 Å². The summed E-state index contributed by atoms with van der Waals surface area (Å²) in [6.45, 7) is 5.19. The molecule has 0 aromatic heterocycles. The van der Waals surface area contributed by atoms with E-state index < -0.39 is 29.6 Å². The molecule has 0 spiro atoms. The first-order chi connectivity index (χ1) is 13.6. The molecule has 0 aliphatic rings. The molecular weight excluding hydrogens is 374 g/mol. The average molecular weight is 399 g/mol. The molecule has 154 valence electrons. The molecule has 29 heavy (non-hydrogen) atoms. The minimum atomic E-state index is -1.06. The van der Waals surface area contributed by atoms with E-state index in [1.165, 1.54) is 24.3 Å². The summed E-state index contributed by atoms with van der Waals surface area (Å²) in [6.07, 6.45) is -0.725. The van der Waals surface area contributed by atoms with E-state index in [-0.39, 0.29) is 5.56 Å². The number of amides is 2. The van der Waals surface area contributed by atoms with Crippen molar-refractivity contribution in [2.45, 2.75) is 32.4 Å². The van der Waals surface area contributed by atoms with E-state index in [4.69, 9.17) is 9.84 Å². The monoisotopic (exact) mass is 399 g/mol. The zero-order valence-corrected chi connectivity index (χ0v) is 16.8. The highest BCUT2D eigenvalue weighted by Crippen LogP contribution is 2.20. The summed E-state index contributed by atoms with van der Waals surface area (Å²) in [5.74, 6) is -1.55. The topological polar surface area (TPSA) is 117 Å². The molecule has 2 aromatic carbocycles. The number of carbonyl (C=O) groups excluding carboxylic acids is 2. The van der Waals surface area contributed by atoms with E-state index in [2.05, 4.69) is 16.0 Å². The van der Waals surface area contributed by atoms with Crippen molar-refractivity contribution in [2.24, 2.45) is 0 Å². The predicted molar refractivity (Wildman–Crippen MR) is 110 cm³/mol. The van der Waals surface area contributed by atoms with E-state index >= 15 is 0 Å². The number of benzene rings is 2. The second-order valence-corrected chi connectivity index (χ2v) is 7.32. The molecule has 2 aromatic rings. The second-order valence-electron chi connectivity index (χ2n) is 7.32. The van der Waals surface area contributed by atoms with Crippen LogP contribution in [0.5, 0.6) is 0 Å². The summed E-state index contributed by atoms with van der Waals surface area (Å²) in [5, 5.41) is 17.2. The maximum absolute atomic E-state index is 12.9. The average Bonchev–Trinajstić information content (AvgIpc) is 2.65. The Labute approximate surface area is 169 Å². The van der Waals surface area contributed by atoms with Crippen LogP contribution in [0.1, 0.15) is 42.7 Å². The first-order valence-electron chi connectivity index (χ1n) is 9.00. The van der Waals surface area contributed by atoms with Crippen molar-refractivity contribution in [1.29, 1.82) is 0 Å². The van der Waals surface area contributed by atoms with Gasteiger partial charge in [-0.25, -0.2) is 9.59 Å². The van der Waals surface area contributed by atoms with E-state index in [9.17, 15) is 14.4 Å². The van der Waals surface area contributed by atoms with Gasteiger partial charge in [-0.1, -0.05) is 12.1 Å². The van der Waals surface area contributed by atoms with Crippen molar-refractivity contribution in [2.75, 3.05) is 17.7 Å². The molecule has 2 rings (SSSR count). The zero-order valence-electron chi connectivity index (χ0n) is 16.8. The number of carbonyl (C=O) groups is 3. The molecule has 0 fully saturated rings. The number of rotatable bonds is 6. The van der Waals surface area contributed by atoms with Crippen LogP contribution in [0.2, 0.25) is 0 Å². The lowest BCUT2D eigenvalue weighted by Crippen LogP contribution is -2.40. The largest absolute Gasteiger partial charge is 0.478 e. The molecule has 0 radical (unpaired) electrons. The number of alkyl carbamates (subject to hydrolysis) is 1. The highest BCUT2D eigenvalue weighted by atomic mass is 16.6. The number of nitrogens with one attached hydrogen (secondary N) is 3. The van der Waals surface area contributed by atoms with Gasteiger partial charge < -0.3 is 25.8 Å². The molecule has 0 bridgehead atoms. The first-order valence-corrected chi connectivity index (χ1v) is 9.00. The van der Waals surface area contributed by atoms with Crippen LogP contribution in [0, 0.1) is 0 Å². The third-order valence-corrected chi connectivity index (χ3v) is 3.86. The molecule has 1 atom stereocenters. The second kappa shape index (κ2) is 9.09. The Hall–Kier alpha value is -3.55. The summed E-state index contributed by atoms with van der Waals surface area (Å²) in [7, 11) is 1.78. The van der Waals surface area contributed by atoms with Crippen molar-refractivity contribution in [3.8, 4) is 0 Å². The fourth-order valence-corrected chi connectivity index (χ4v) is 2.48. The number of aromatic carboxylic acids is 1. The van der Waals surface area contributed by atoms with Gasteiger partial charge in [0.05, 0.1) is 5.56 Å². The first kappa shape index (κ1) is 21.7. The Bertz CT molecular complexity index is 871. The van der Waals surface area contributed by atoms with Crippen LogP contribution in [-0.4, -0.2) is 35.7 Å². The minimum Gasteiger partial charge on any atom is -0.478 e. The molecule has 0 saturated carbocycles. The SMILES string of the molecule is CNc1ccc(C(NC(=O)OC(C)(C)C)C(=O)Nc2ccc(C(=O)O)cc2)cc1. The Kier molecular flexibility index (Phi) is 6.82. The van der Waals surface area contributed by atoms with E-state index in [0.717, 1.165) is 5.69 Å². The van der Waals surface area contributed by atoms with Crippen LogP contribution in [0.15, 0.2) is 48.5 Å². The van der Waals surface area contributed by atoms with Crippen molar-refractivity contribution in [3.63, 3.8) is 0 Å². The van der Waals surface area contributed by atoms with Crippen molar-refractivity contribution in [1.82, 2.24) is 5.32 Å². The number of carboxylic acid groups (broad SMARTS) is 1. The van der Waals surface area contributed by atoms with Gasteiger partial charge in [0.1, 0.15) is 11.6 Å². The molecule has 0 saturated heterocycles. The normalized spacial score (nSPS) is 11.9. The summed E-state index contributed by atoms with van der Waals surface area (Å²) in [4.78, 5) is 36.1. The van der Waals surface area contributed by atoms with Crippen molar-refractivity contribution < 1.29 is 24.2 Å². The quantitative estimate of drug-likeness (QED) is 0.589. The number of anilines is 2. The van der Waals surface area contributed by atoms with Gasteiger partial charge in [0.25, 0.3) is 5.91 Å². The van der Waals surface area contributed by atoms with Crippen LogP contribution in [0.3, 0.4) is 0 Å². The van der Waals surface area contributed by atoms with Gasteiger partial charge in [-0.3, -0.25) is 4.79 Å². The fourth-order valence-electron chi connectivity index (χ4n) is 2.48. The molecule has 4 N–H and O–H groups in total. The number of hydrogen-bond donors (Lipinski definition) is 4. The number of carboxylic acids is 1. The lowest BCUT2D eigenvalue weighted by atomic mass is 10.1. The standard InChI is InChI=1S/C21H25N3O5/c1-21(2,3)29-20(28)24-17(13-5-9-15(22-4)10-6-13)18(25)23-16-11-7-14(8-12-16)19(26)27/h5-12,17,22H,1-4H3,(H,23,25)(H,24,28)(H,26,27). The summed E-state index contributed by atoms with van der Waals surface area (Å²) >= 11 is 0. The van der Waals surface area contributed by atoms with Gasteiger partial charge in [0, 0.05) is 18.4 Å².